The molecule has 0 radical (unpaired) electrons. The van der Waals surface area contributed by atoms with Crippen molar-refractivity contribution in [3.8, 4) is 0 Å². The Morgan fingerprint density at radius 3 is 2.29 bits per heavy atom. The molecule has 0 aliphatic carbocycles. The van der Waals surface area contributed by atoms with Crippen molar-refractivity contribution in [2.24, 2.45) is 0 Å². The third kappa shape index (κ3) is 3.16. The second kappa shape index (κ2) is 5.45. The van der Waals surface area contributed by atoms with E-state index in [1.807, 2.05) is 19.1 Å². The fourth-order valence-corrected chi connectivity index (χ4v) is 1.68. The number of carbonyl (C=O) groups is 2. The van der Waals surface area contributed by atoms with Gasteiger partial charge in [0.15, 0.2) is 10.1 Å². The summed E-state index contributed by atoms with van der Waals surface area (Å²) in [6.07, 6.45) is 0. The van der Waals surface area contributed by atoms with Gasteiger partial charge in [-0.1, -0.05) is 45.8 Å². The van der Waals surface area contributed by atoms with E-state index in [9.17, 15) is 9.59 Å². The van der Waals surface area contributed by atoms with Crippen LogP contribution in [0.1, 0.15) is 29.8 Å². The molecule has 0 aromatic heterocycles. The highest BCUT2D eigenvalue weighted by Crippen LogP contribution is 2.25. The lowest BCUT2D eigenvalue weighted by molar-refractivity contribution is -0.143. The molecular formula is C13H15BrO3. The Morgan fingerprint density at radius 1 is 1.29 bits per heavy atom. The molecule has 0 saturated heterocycles. The van der Waals surface area contributed by atoms with E-state index in [1.165, 1.54) is 6.92 Å². The molecule has 0 aliphatic rings. The summed E-state index contributed by atoms with van der Waals surface area (Å²) in [4.78, 5) is 23.8. The van der Waals surface area contributed by atoms with Gasteiger partial charge in [-0.25, -0.2) is 0 Å². The van der Waals surface area contributed by atoms with Gasteiger partial charge in [0, 0.05) is 5.56 Å². The van der Waals surface area contributed by atoms with Crippen molar-refractivity contribution < 1.29 is 14.3 Å². The molecule has 0 amide bonds. The highest BCUT2D eigenvalue weighted by atomic mass is 79.9. The van der Waals surface area contributed by atoms with Crippen molar-refractivity contribution in [1.82, 2.24) is 0 Å². The van der Waals surface area contributed by atoms with Gasteiger partial charge >= 0.3 is 5.97 Å². The number of carbonyl (C=O) groups excluding carboxylic acids is 2. The number of halogens is 1. The van der Waals surface area contributed by atoms with Crippen LogP contribution in [0.15, 0.2) is 24.3 Å². The molecule has 0 heterocycles. The van der Waals surface area contributed by atoms with Gasteiger partial charge in [0.25, 0.3) is 0 Å². The second-order valence-corrected chi connectivity index (χ2v) is 5.50. The van der Waals surface area contributed by atoms with Gasteiger partial charge < -0.3 is 4.74 Å². The van der Waals surface area contributed by atoms with Crippen molar-refractivity contribution in [2.75, 3.05) is 6.61 Å². The molecule has 1 rings (SSSR count). The molecule has 0 bridgehead atoms. The SMILES string of the molecule is CCOC(=O)C(C)(Br)C(=O)c1ccc(C)cc1. The van der Waals surface area contributed by atoms with Gasteiger partial charge in [-0.2, -0.15) is 0 Å². The summed E-state index contributed by atoms with van der Waals surface area (Å²) in [5, 5.41) is 0. The molecule has 4 heteroatoms. The number of esters is 1. The van der Waals surface area contributed by atoms with Crippen LogP contribution in [0.3, 0.4) is 0 Å². The Morgan fingerprint density at radius 2 is 1.82 bits per heavy atom. The van der Waals surface area contributed by atoms with E-state index in [1.54, 1.807) is 19.1 Å². The minimum atomic E-state index is -1.32. The number of rotatable bonds is 4. The molecule has 0 saturated carbocycles. The summed E-state index contributed by atoms with van der Waals surface area (Å²) in [7, 11) is 0. The highest BCUT2D eigenvalue weighted by molar-refractivity contribution is 9.10. The first-order valence-corrected chi connectivity index (χ1v) is 6.16. The summed E-state index contributed by atoms with van der Waals surface area (Å²) < 4.78 is 3.55. The summed E-state index contributed by atoms with van der Waals surface area (Å²) in [5.74, 6) is -0.860. The maximum absolute atomic E-state index is 12.1. The molecule has 1 aromatic carbocycles. The molecule has 1 atom stereocenters. The maximum atomic E-state index is 12.1. The number of Topliss-reactive ketones (excluding diaryl/α,β-unsaturated/α-hetero) is 1. The summed E-state index contributed by atoms with van der Waals surface area (Å²) >= 11 is 3.14. The fraction of sp³-hybridized carbons (Fsp3) is 0.385. The summed E-state index contributed by atoms with van der Waals surface area (Å²) in [6.45, 7) is 5.40. The number of alkyl halides is 1. The standard InChI is InChI=1S/C13H15BrO3/c1-4-17-12(16)13(3,14)11(15)10-7-5-9(2)6-8-10/h5-8H,4H2,1-3H3. The first-order valence-electron chi connectivity index (χ1n) is 5.37. The second-order valence-electron chi connectivity index (χ2n) is 3.92. The first-order chi connectivity index (χ1) is 7.89. The average Bonchev–Trinajstić information content (AvgIpc) is 2.29. The van der Waals surface area contributed by atoms with Crippen LogP contribution in [0.5, 0.6) is 0 Å². The molecule has 0 fully saturated rings. The predicted octanol–water partition coefficient (Wildman–Crippen LogP) is 2.89. The summed E-state index contributed by atoms with van der Waals surface area (Å²) in [6, 6.07) is 7.08. The molecule has 0 aliphatic heterocycles. The van der Waals surface area contributed by atoms with Crippen molar-refractivity contribution in [3.63, 3.8) is 0 Å². The zero-order chi connectivity index (χ0) is 13.1. The molecule has 17 heavy (non-hydrogen) atoms. The van der Waals surface area contributed by atoms with Crippen LogP contribution in [0, 0.1) is 6.92 Å². The number of benzene rings is 1. The summed E-state index contributed by atoms with van der Waals surface area (Å²) in [5.41, 5.74) is 1.55. The molecule has 0 N–H and O–H groups in total. The van der Waals surface area contributed by atoms with Crippen molar-refractivity contribution in [2.45, 2.75) is 25.1 Å². The number of hydrogen-bond donors (Lipinski definition) is 0. The zero-order valence-electron chi connectivity index (χ0n) is 10.1. The predicted molar refractivity (Wildman–Crippen MR) is 69.5 cm³/mol. The van der Waals surface area contributed by atoms with Crippen LogP contribution in [-0.4, -0.2) is 22.7 Å². The Hall–Kier alpha value is -1.16. The fourth-order valence-electron chi connectivity index (χ4n) is 1.34. The van der Waals surface area contributed by atoms with Crippen molar-refractivity contribution >= 4 is 27.7 Å². The quantitative estimate of drug-likeness (QED) is 0.371. The number of ether oxygens (including phenoxy) is 1. The van der Waals surface area contributed by atoms with E-state index >= 15 is 0 Å². The van der Waals surface area contributed by atoms with Crippen LogP contribution in [-0.2, 0) is 9.53 Å². The monoisotopic (exact) mass is 298 g/mol. The molecule has 0 spiro atoms. The lowest BCUT2D eigenvalue weighted by Crippen LogP contribution is -2.39. The van der Waals surface area contributed by atoms with Crippen molar-refractivity contribution in [3.05, 3.63) is 35.4 Å². The van der Waals surface area contributed by atoms with Gasteiger partial charge in [0.2, 0.25) is 0 Å². The molecule has 1 aromatic rings. The minimum Gasteiger partial charge on any atom is -0.465 e. The van der Waals surface area contributed by atoms with Gasteiger partial charge in [-0.3, -0.25) is 9.59 Å². The van der Waals surface area contributed by atoms with Crippen LogP contribution in [0.2, 0.25) is 0 Å². The van der Waals surface area contributed by atoms with Gasteiger partial charge in [-0.15, -0.1) is 0 Å². The Balaban J connectivity index is 2.95. The third-order valence-electron chi connectivity index (χ3n) is 2.40. The first kappa shape index (κ1) is 13.9. The third-order valence-corrected chi connectivity index (χ3v) is 3.08. The number of ketones is 1. The van der Waals surface area contributed by atoms with Gasteiger partial charge in [0.05, 0.1) is 6.61 Å². The Labute approximate surface area is 109 Å². The largest absolute Gasteiger partial charge is 0.465 e. The minimum absolute atomic E-state index is 0.251. The average molecular weight is 299 g/mol. The lowest BCUT2D eigenvalue weighted by atomic mass is 9.98. The number of aryl methyl sites for hydroxylation is 1. The van der Waals surface area contributed by atoms with E-state index in [-0.39, 0.29) is 12.4 Å². The van der Waals surface area contributed by atoms with E-state index in [0.717, 1.165) is 5.56 Å². The van der Waals surface area contributed by atoms with Crippen molar-refractivity contribution in [1.29, 1.82) is 0 Å². The number of hydrogen-bond acceptors (Lipinski definition) is 3. The Kier molecular flexibility index (Phi) is 4.46. The maximum Gasteiger partial charge on any atom is 0.330 e. The molecule has 92 valence electrons. The normalized spacial score (nSPS) is 13.9. The van der Waals surface area contributed by atoms with Gasteiger partial charge in [-0.05, 0) is 20.8 Å². The van der Waals surface area contributed by atoms with Crippen LogP contribution in [0.4, 0.5) is 0 Å². The lowest BCUT2D eigenvalue weighted by Gasteiger charge is -2.18. The van der Waals surface area contributed by atoms with Crippen LogP contribution >= 0.6 is 15.9 Å². The Bertz CT molecular complexity index is 421. The van der Waals surface area contributed by atoms with Crippen LogP contribution < -0.4 is 0 Å². The van der Waals surface area contributed by atoms with Gasteiger partial charge in [0.1, 0.15) is 0 Å². The molecule has 3 nitrogen and oxygen atoms in total. The molecular weight excluding hydrogens is 284 g/mol. The smallest absolute Gasteiger partial charge is 0.330 e. The topological polar surface area (TPSA) is 43.4 Å². The van der Waals surface area contributed by atoms with Crippen LogP contribution in [0.25, 0.3) is 0 Å². The van der Waals surface area contributed by atoms with E-state index in [0.29, 0.717) is 5.56 Å². The highest BCUT2D eigenvalue weighted by Gasteiger charge is 2.40. The van der Waals surface area contributed by atoms with E-state index in [4.69, 9.17) is 4.74 Å². The molecule has 1 unspecified atom stereocenters. The zero-order valence-corrected chi connectivity index (χ0v) is 11.7. The van der Waals surface area contributed by atoms with E-state index < -0.39 is 10.3 Å². The van der Waals surface area contributed by atoms with E-state index in [2.05, 4.69) is 15.9 Å².